The van der Waals surface area contributed by atoms with Crippen LogP contribution in [0.25, 0.3) is 10.2 Å². The molecule has 2 N–H and O–H groups in total. The molecule has 21 heavy (non-hydrogen) atoms. The predicted molar refractivity (Wildman–Crippen MR) is 88.8 cm³/mol. The molecule has 2 aromatic rings. The Hall–Kier alpha value is -0.970. The zero-order valence-corrected chi connectivity index (χ0v) is 13.4. The highest BCUT2D eigenvalue weighted by molar-refractivity contribution is 7.18. The number of para-hydroxylation sites is 1. The van der Waals surface area contributed by atoms with Crippen LogP contribution >= 0.6 is 11.3 Å². The predicted octanol–water partition coefficient (Wildman–Crippen LogP) is 3.37. The van der Waals surface area contributed by atoms with E-state index in [1.807, 2.05) is 17.4 Å². The first-order chi connectivity index (χ1) is 10.2. The van der Waals surface area contributed by atoms with E-state index >= 15 is 0 Å². The van der Waals surface area contributed by atoms with Crippen molar-refractivity contribution in [1.82, 2.24) is 10.3 Å². The van der Waals surface area contributed by atoms with Crippen LogP contribution in [-0.2, 0) is 6.42 Å². The number of fused-ring (bicyclic) bond motifs is 1. The van der Waals surface area contributed by atoms with E-state index < -0.39 is 0 Å². The number of aliphatic hydroxyl groups is 1. The molecule has 1 saturated carbocycles. The summed E-state index contributed by atoms with van der Waals surface area (Å²) in [5.41, 5.74) is 1.12. The SMILES string of the molecule is CC(Cc1nc2ccccc2s1)NC1CCC(CO)CC1. The van der Waals surface area contributed by atoms with E-state index in [4.69, 9.17) is 4.98 Å². The summed E-state index contributed by atoms with van der Waals surface area (Å²) >= 11 is 1.81. The number of nitrogens with one attached hydrogen (secondary N) is 1. The van der Waals surface area contributed by atoms with Gasteiger partial charge in [0.2, 0.25) is 0 Å². The lowest BCUT2D eigenvalue weighted by Crippen LogP contribution is -2.40. The second-order valence-electron chi connectivity index (χ2n) is 6.25. The van der Waals surface area contributed by atoms with Gasteiger partial charge in [-0.1, -0.05) is 12.1 Å². The molecule has 1 aliphatic carbocycles. The second kappa shape index (κ2) is 6.86. The van der Waals surface area contributed by atoms with Gasteiger partial charge < -0.3 is 10.4 Å². The van der Waals surface area contributed by atoms with Gasteiger partial charge in [-0.05, 0) is 50.7 Å². The Morgan fingerprint density at radius 1 is 1.29 bits per heavy atom. The maximum Gasteiger partial charge on any atom is 0.0954 e. The van der Waals surface area contributed by atoms with Crippen molar-refractivity contribution < 1.29 is 5.11 Å². The van der Waals surface area contributed by atoms with Crippen LogP contribution in [0, 0.1) is 5.92 Å². The van der Waals surface area contributed by atoms with Crippen molar-refractivity contribution in [3.05, 3.63) is 29.3 Å². The van der Waals surface area contributed by atoms with Gasteiger partial charge in [-0.3, -0.25) is 0 Å². The van der Waals surface area contributed by atoms with E-state index in [9.17, 15) is 5.11 Å². The third-order valence-electron chi connectivity index (χ3n) is 4.44. The quantitative estimate of drug-likeness (QED) is 0.890. The number of hydrogen-bond donors (Lipinski definition) is 2. The summed E-state index contributed by atoms with van der Waals surface area (Å²) in [7, 11) is 0. The Morgan fingerprint density at radius 2 is 2.05 bits per heavy atom. The normalized spacial score (nSPS) is 24.3. The fraction of sp³-hybridized carbons (Fsp3) is 0.588. The maximum atomic E-state index is 9.20. The summed E-state index contributed by atoms with van der Waals surface area (Å²) in [6, 6.07) is 9.42. The Balaban J connectivity index is 1.53. The number of rotatable bonds is 5. The van der Waals surface area contributed by atoms with E-state index in [1.165, 1.54) is 22.5 Å². The summed E-state index contributed by atoms with van der Waals surface area (Å²) in [5.74, 6) is 0.530. The molecule has 1 aromatic carbocycles. The van der Waals surface area contributed by atoms with Crippen LogP contribution in [0.3, 0.4) is 0 Å². The largest absolute Gasteiger partial charge is 0.396 e. The van der Waals surface area contributed by atoms with Gasteiger partial charge in [0.1, 0.15) is 0 Å². The molecule has 1 heterocycles. The molecule has 0 spiro atoms. The van der Waals surface area contributed by atoms with Gasteiger partial charge in [0.15, 0.2) is 0 Å². The minimum Gasteiger partial charge on any atom is -0.396 e. The smallest absolute Gasteiger partial charge is 0.0954 e. The number of aromatic nitrogens is 1. The Labute approximate surface area is 130 Å². The molecule has 0 bridgehead atoms. The summed E-state index contributed by atoms with van der Waals surface area (Å²) < 4.78 is 1.28. The Morgan fingerprint density at radius 3 is 2.76 bits per heavy atom. The molecule has 1 aliphatic rings. The van der Waals surface area contributed by atoms with Crippen molar-refractivity contribution in [2.24, 2.45) is 5.92 Å². The molecule has 3 rings (SSSR count). The van der Waals surface area contributed by atoms with Crippen molar-refractivity contribution in [1.29, 1.82) is 0 Å². The first kappa shape index (κ1) is 14.9. The average molecular weight is 304 g/mol. The van der Waals surface area contributed by atoms with Crippen LogP contribution in [0.1, 0.15) is 37.6 Å². The minimum atomic E-state index is 0.355. The van der Waals surface area contributed by atoms with Gasteiger partial charge in [-0.15, -0.1) is 11.3 Å². The Kier molecular flexibility index (Phi) is 4.88. The maximum absolute atomic E-state index is 9.20. The second-order valence-corrected chi connectivity index (χ2v) is 7.36. The fourth-order valence-electron chi connectivity index (χ4n) is 3.24. The molecule has 1 aromatic heterocycles. The third kappa shape index (κ3) is 3.82. The van der Waals surface area contributed by atoms with Crippen LogP contribution in [0.15, 0.2) is 24.3 Å². The first-order valence-corrected chi connectivity index (χ1v) is 8.77. The summed E-state index contributed by atoms with van der Waals surface area (Å²) in [5, 5.41) is 14.2. The summed E-state index contributed by atoms with van der Waals surface area (Å²) in [6.07, 6.45) is 5.69. The standard InChI is InChI=1S/C17H24N2OS/c1-12(18-14-8-6-13(11-20)7-9-14)10-17-19-15-4-2-3-5-16(15)21-17/h2-5,12-14,18,20H,6-11H2,1H3. The molecular weight excluding hydrogens is 280 g/mol. The monoisotopic (exact) mass is 304 g/mol. The highest BCUT2D eigenvalue weighted by Gasteiger charge is 2.21. The number of benzene rings is 1. The molecule has 1 atom stereocenters. The van der Waals surface area contributed by atoms with Gasteiger partial charge >= 0.3 is 0 Å². The molecule has 0 aliphatic heterocycles. The number of nitrogens with zero attached hydrogens (tertiary/aromatic N) is 1. The number of aliphatic hydroxyl groups excluding tert-OH is 1. The average Bonchev–Trinajstić information content (AvgIpc) is 2.90. The Bertz CT molecular complexity index is 542. The van der Waals surface area contributed by atoms with Crippen molar-refractivity contribution in [3.63, 3.8) is 0 Å². The summed E-state index contributed by atoms with van der Waals surface area (Å²) in [6.45, 7) is 2.61. The number of hydrogen-bond acceptors (Lipinski definition) is 4. The van der Waals surface area contributed by atoms with Crippen molar-refractivity contribution >= 4 is 21.6 Å². The molecule has 1 fully saturated rings. The fourth-order valence-corrected chi connectivity index (χ4v) is 4.34. The molecule has 0 amide bonds. The molecule has 0 radical (unpaired) electrons. The molecular formula is C17H24N2OS. The van der Waals surface area contributed by atoms with Gasteiger partial charge in [0.05, 0.1) is 15.2 Å². The van der Waals surface area contributed by atoms with Crippen molar-refractivity contribution in [3.8, 4) is 0 Å². The lowest BCUT2D eigenvalue weighted by molar-refractivity contribution is 0.172. The molecule has 3 nitrogen and oxygen atoms in total. The molecule has 0 saturated heterocycles. The highest BCUT2D eigenvalue weighted by Crippen LogP contribution is 2.25. The first-order valence-electron chi connectivity index (χ1n) is 7.96. The van der Waals surface area contributed by atoms with Gasteiger partial charge in [0, 0.05) is 25.1 Å². The van der Waals surface area contributed by atoms with E-state index in [-0.39, 0.29) is 0 Å². The lowest BCUT2D eigenvalue weighted by atomic mass is 9.86. The van der Waals surface area contributed by atoms with Crippen molar-refractivity contribution in [2.75, 3.05) is 6.61 Å². The molecule has 1 unspecified atom stereocenters. The molecule has 114 valence electrons. The zero-order chi connectivity index (χ0) is 14.7. The van der Waals surface area contributed by atoms with Crippen LogP contribution in [0.2, 0.25) is 0 Å². The van der Waals surface area contributed by atoms with Crippen LogP contribution in [0.5, 0.6) is 0 Å². The van der Waals surface area contributed by atoms with Gasteiger partial charge in [-0.2, -0.15) is 0 Å². The van der Waals surface area contributed by atoms with E-state index in [0.29, 0.717) is 24.6 Å². The molecule has 4 heteroatoms. The van der Waals surface area contributed by atoms with Gasteiger partial charge in [-0.25, -0.2) is 4.98 Å². The lowest BCUT2D eigenvalue weighted by Gasteiger charge is -2.30. The highest BCUT2D eigenvalue weighted by atomic mass is 32.1. The van der Waals surface area contributed by atoms with E-state index in [0.717, 1.165) is 24.8 Å². The van der Waals surface area contributed by atoms with Crippen LogP contribution in [0.4, 0.5) is 0 Å². The number of thiazole rings is 1. The summed E-state index contributed by atoms with van der Waals surface area (Å²) in [4.78, 5) is 4.72. The third-order valence-corrected chi connectivity index (χ3v) is 5.50. The van der Waals surface area contributed by atoms with Crippen LogP contribution in [-0.4, -0.2) is 28.8 Å². The van der Waals surface area contributed by atoms with Crippen LogP contribution < -0.4 is 5.32 Å². The minimum absolute atomic E-state index is 0.355. The van der Waals surface area contributed by atoms with E-state index in [1.54, 1.807) is 0 Å². The zero-order valence-electron chi connectivity index (χ0n) is 12.6. The topological polar surface area (TPSA) is 45.2 Å². The van der Waals surface area contributed by atoms with Gasteiger partial charge in [0.25, 0.3) is 0 Å². The van der Waals surface area contributed by atoms with E-state index in [2.05, 4.69) is 30.4 Å². The van der Waals surface area contributed by atoms with Crippen molar-refractivity contribution in [2.45, 2.75) is 51.1 Å².